The third-order valence-electron chi connectivity index (χ3n) is 3.86. The van der Waals surface area contributed by atoms with Crippen LogP contribution in [0.15, 0.2) is 59.4 Å². The predicted octanol–water partition coefficient (Wildman–Crippen LogP) is 3.57. The van der Waals surface area contributed by atoms with E-state index >= 15 is 0 Å². The topological polar surface area (TPSA) is 77.2 Å². The molecular formula is C19H18ClN3O3. The molecule has 0 aliphatic rings. The fourth-order valence-corrected chi connectivity index (χ4v) is 2.67. The molecule has 1 amide bonds. The Hall–Kier alpha value is -2.86. The van der Waals surface area contributed by atoms with Crippen LogP contribution < -0.4 is 10.1 Å². The van der Waals surface area contributed by atoms with Gasteiger partial charge in [-0.05, 0) is 35.7 Å². The molecule has 2 aromatic carbocycles. The number of aryl methyl sites for hydroxylation is 1. The summed E-state index contributed by atoms with van der Waals surface area (Å²) in [6, 6.07) is 14.2. The van der Waals surface area contributed by atoms with Crippen LogP contribution in [-0.4, -0.2) is 22.7 Å². The van der Waals surface area contributed by atoms with Crippen molar-refractivity contribution in [1.29, 1.82) is 0 Å². The Balaban J connectivity index is 1.70. The predicted molar refractivity (Wildman–Crippen MR) is 97.1 cm³/mol. The Kier molecular flexibility index (Phi) is 5.86. The van der Waals surface area contributed by atoms with Gasteiger partial charge in [0.15, 0.2) is 12.4 Å². The lowest BCUT2D eigenvalue weighted by Crippen LogP contribution is -2.34. The van der Waals surface area contributed by atoms with E-state index in [2.05, 4.69) is 15.5 Å². The first kappa shape index (κ1) is 17.9. The summed E-state index contributed by atoms with van der Waals surface area (Å²) in [5, 5.41) is 7.31. The number of benzene rings is 2. The van der Waals surface area contributed by atoms with Crippen molar-refractivity contribution in [3.8, 4) is 5.75 Å². The number of hydrogen-bond acceptors (Lipinski definition) is 5. The molecule has 0 saturated heterocycles. The molecule has 6 nitrogen and oxygen atoms in total. The van der Waals surface area contributed by atoms with Gasteiger partial charge in [0.2, 0.25) is 6.39 Å². The van der Waals surface area contributed by atoms with Crippen molar-refractivity contribution >= 4 is 17.5 Å². The normalized spacial score (nSPS) is 11.8. The molecule has 1 atom stereocenters. The molecule has 134 valence electrons. The molecule has 3 rings (SSSR count). The molecule has 0 radical (unpaired) electrons. The molecule has 0 aliphatic heterocycles. The number of halogens is 1. The number of carbonyl (C=O) groups is 1. The lowest BCUT2D eigenvalue weighted by molar-refractivity contribution is -0.123. The minimum Gasteiger partial charge on any atom is -0.483 e. The summed E-state index contributed by atoms with van der Waals surface area (Å²) in [6.07, 6.45) is 2.05. The standard InChI is InChI=1S/C19H18ClN3O3/c1-2-13-5-3-4-6-16(13)25-11-17(24)22-18(19-21-12-26-23-19)14-7-9-15(20)10-8-14/h3-10,12,18H,2,11H2,1H3,(H,22,24)/t18-/m1/s1. The molecule has 0 bridgehead atoms. The van der Waals surface area contributed by atoms with E-state index in [1.54, 1.807) is 24.3 Å². The SMILES string of the molecule is CCc1ccccc1OCC(=O)N[C@H](c1ccc(Cl)cc1)c1ncon1. The minimum absolute atomic E-state index is 0.112. The number of carbonyl (C=O) groups excluding carboxylic acids is 1. The van der Waals surface area contributed by atoms with Crippen LogP contribution in [0.4, 0.5) is 0 Å². The Bertz CT molecular complexity index is 851. The number of nitrogens with zero attached hydrogens (tertiary/aromatic N) is 2. The zero-order valence-corrected chi connectivity index (χ0v) is 14.9. The second kappa shape index (κ2) is 8.49. The van der Waals surface area contributed by atoms with Gasteiger partial charge in [-0.15, -0.1) is 0 Å². The molecule has 0 saturated carbocycles. The molecule has 0 fully saturated rings. The van der Waals surface area contributed by atoms with E-state index in [1.807, 2.05) is 31.2 Å². The molecule has 3 aromatic rings. The highest BCUT2D eigenvalue weighted by Gasteiger charge is 2.21. The third kappa shape index (κ3) is 4.40. The second-order valence-electron chi connectivity index (χ2n) is 5.59. The van der Waals surface area contributed by atoms with Gasteiger partial charge in [-0.1, -0.05) is 54.0 Å². The Labute approximate surface area is 156 Å². The van der Waals surface area contributed by atoms with E-state index in [4.69, 9.17) is 20.9 Å². The molecule has 1 heterocycles. The number of rotatable bonds is 7. The fourth-order valence-electron chi connectivity index (χ4n) is 2.54. The highest BCUT2D eigenvalue weighted by Crippen LogP contribution is 2.22. The van der Waals surface area contributed by atoms with E-state index in [1.165, 1.54) is 6.39 Å². The van der Waals surface area contributed by atoms with Crippen molar-refractivity contribution < 1.29 is 14.1 Å². The van der Waals surface area contributed by atoms with Crippen molar-refractivity contribution in [2.24, 2.45) is 0 Å². The lowest BCUT2D eigenvalue weighted by atomic mass is 10.1. The van der Waals surface area contributed by atoms with Crippen LogP contribution in [0.25, 0.3) is 0 Å². The van der Waals surface area contributed by atoms with E-state index in [9.17, 15) is 4.79 Å². The van der Waals surface area contributed by atoms with Crippen molar-refractivity contribution in [1.82, 2.24) is 15.5 Å². The van der Waals surface area contributed by atoms with E-state index < -0.39 is 6.04 Å². The molecule has 7 heteroatoms. The van der Waals surface area contributed by atoms with Crippen LogP contribution in [0.3, 0.4) is 0 Å². The maximum atomic E-state index is 12.4. The second-order valence-corrected chi connectivity index (χ2v) is 6.03. The van der Waals surface area contributed by atoms with Gasteiger partial charge in [0.1, 0.15) is 11.8 Å². The fraction of sp³-hybridized carbons (Fsp3) is 0.211. The maximum absolute atomic E-state index is 12.4. The Morgan fingerprint density at radius 1 is 1.23 bits per heavy atom. The average molecular weight is 372 g/mol. The Morgan fingerprint density at radius 2 is 2.00 bits per heavy atom. The first-order chi connectivity index (χ1) is 12.7. The summed E-state index contributed by atoms with van der Waals surface area (Å²) < 4.78 is 10.5. The van der Waals surface area contributed by atoms with Gasteiger partial charge in [-0.2, -0.15) is 4.98 Å². The molecule has 0 spiro atoms. The summed E-state index contributed by atoms with van der Waals surface area (Å²) in [7, 11) is 0. The largest absolute Gasteiger partial charge is 0.483 e. The highest BCUT2D eigenvalue weighted by molar-refractivity contribution is 6.30. The number of nitrogens with one attached hydrogen (secondary N) is 1. The quantitative estimate of drug-likeness (QED) is 0.687. The first-order valence-electron chi connectivity index (χ1n) is 8.19. The van der Waals surface area contributed by atoms with Crippen molar-refractivity contribution in [3.63, 3.8) is 0 Å². The van der Waals surface area contributed by atoms with Gasteiger partial charge in [-0.25, -0.2) is 0 Å². The van der Waals surface area contributed by atoms with E-state index in [0.29, 0.717) is 16.6 Å². The zero-order valence-electron chi connectivity index (χ0n) is 14.2. The molecule has 0 unspecified atom stereocenters. The Morgan fingerprint density at radius 3 is 2.69 bits per heavy atom. The third-order valence-corrected chi connectivity index (χ3v) is 4.11. The van der Waals surface area contributed by atoms with E-state index in [-0.39, 0.29) is 12.5 Å². The summed E-state index contributed by atoms with van der Waals surface area (Å²) >= 11 is 5.94. The molecule has 0 aliphatic carbocycles. The maximum Gasteiger partial charge on any atom is 0.258 e. The number of aromatic nitrogens is 2. The van der Waals surface area contributed by atoms with Crippen molar-refractivity contribution in [2.45, 2.75) is 19.4 Å². The van der Waals surface area contributed by atoms with Crippen LogP contribution >= 0.6 is 11.6 Å². The summed E-state index contributed by atoms with van der Waals surface area (Å²) in [5.41, 5.74) is 1.84. The van der Waals surface area contributed by atoms with Crippen LogP contribution in [-0.2, 0) is 11.2 Å². The van der Waals surface area contributed by atoms with Crippen LogP contribution in [0.2, 0.25) is 5.02 Å². The highest BCUT2D eigenvalue weighted by atomic mass is 35.5. The average Bonchev–Trinajstić information content (AvgIpc) is 3.20. The van der Waals surface area contributed by atoms with Gasteiger partial charge >= 0.3 is 0 Å². The van der Waals surface area contributed by atoms with Gasteiger partial charge in [0.25, 0.3) is 5.91 Å². The summed E-state index contributed by atoms with van der Waals surface area (Å²) in [6.45, 7) is 1.92. The van der Waals surface area contributed by atoms with E-state index in [0.717, 1.165) is 17.5 Å². The molecule has 1 N–H and O–H groups in total. The number of ether oxygens (including phenoxy) is 1. The summed E-state index contributed by atoms with van der Waals surface area (Å²) in [4.78, 5) is 16.5. The monoisotopic (exact) mass is 371 g/mol. The number of amides is 1. The minimum atomic E-state index is -0.552. The van der Waals surface area contributed by atoms with Crippen molar-refractivity contribution in [3.05, 3.63) is 76.9 Å². The van der Waals surface area contributed by atoms with Crippen LogP contribution in [0.1, 0.15) is 29.9 Å². The first-order valence-corrected chi connectivity index (χ1v) is 8.57. The lowest BCUT2D eigenvalue weighted by Gasteiger charge is -2.17. The molecule has 26 heavy (non-hydrogen) atoms. The smallest absolute Gasteiger partial charge is 0.258 e. The van der Waals surface area contributed by atoms with Crippen molar-refractivity contribution in [2.75, 3.05) is 6.61 Å². The summed E-state index contributed by atoms with van der Waals surface area (Å²) in [5.74, 6) is 0.767. The van der Waals surface area contributed by atoms with Gasteiger partial charge in [0, 0.05) is 5.02 Å². The number of para-hydroxylation sites is 1. The van der Waals surface area contributed by atoms with Gasteiger partial charge in [0.05, 0.1) is 0 Å². The van der Waals surface area contributed by atoms with Crippen LogP contribution in [0, 0.1) is 0 Å². The molecule has 1 aromatic heterocycles. The van der Waals surface area contributed by atoms with Gasteiger partial charge in [-0.3, -0.25) is 4.79 Å². The van der Waals surface area contributed by atoms with Gasteiger partial charge < -0.3 is 14.6 Å². The zero-order chi connectivity index (χ0) is 18.4. The van der Waals surface area contributed by atoms with Crippen LogP contribution in [0.5, 0.6) is 5.75 Å². The molecular weight excluding hydrogens is 354 g/mol. The number of hydrogen-bond donors (Lipinski definition) is 1.